The smallest absolute Gasteiger partial charge is 0.131 e. The van der Waals surface area contributed by atoms with Crippen LogP contribution in [0, 0.1) is 0 Å². The Morgan fingerprint density at radius 3 is 2.00 bits per heavy atom. The molecule has 0 spiro atoms. The zero-order chi connectivity index (χ0) is 12.4. The first-order valence-electron chi connectivity index (χ1n) is 6.76. The van der Waals surface area contributed by atoms with Crippen molar-refractivity contribution in [3.63, 3.8) is 0 Å². The highest BCUT2D eigenvalue weighted by Crippen LogP contribution is 2.45. The molecule has 0 saturated heterocycles. The van der Waals surface area contributed by atoms with Gasteiger partial charge >= 0.3 is 0 Å². The second-order valence-electron chi connectivity index (χ2n) is 4.87. The molecule has 2 aromatic carbocycles. The van der Waals surface area contributed by atoms with Gasteiger partial charge in [-0.3, -0.25) is 0 Å². The molecule has 0 amide bonds. The molecule has 1 aliphatic heterocycles. The van der Waals surface area contributed by atoms with Crippen molar-refractivity contribution < 1.29 is 4.74 Å². The zero-order valence-corrected chi connectivity index (χ0v) is 10.7. The molecule has 0 aliphatic carbocycles. The Kier molecular flexibility index (Phi) is 3.06. The Bertz CT molecular complexity index is 499. The Morgan fingerprint density at radius 1 is 0.889 bits per heavy atom. The van der Waals surface area contributed by atoms with E-state index in [4.69, 9.17) is 4.74 Å². The van der Waals surface area contributed by atoms with Gasteiger partial charge in [-0.2, -0.15) is 0 Å². The maximum atomic E-state index is 5.99. The van der Waals surface area contributed by atoms with Crippen LogP contribution in [0.3, 0.4) is 0 Å². The number of para-hydroxylation sites is 2. The predicted octanol–water partition coefficient (Wildman–Crippen LogP) is 5.11. The summed E-state index contributed by atoms with van der Waals surface area (Å²) in [6.45, 7) is 2.25. The van der Waals surface area contributed by atoms with Gasteiger partial charge in [0, 0.05) is 17.0 Å². The van der Waals surface area contributed by atoms with Gasteiger partial charge in [0.15, 0.2) is 0 Å². The molecule has 92 valence electrons. The van der Waals surface area contributed by atoms with Crippen LogP contribution in [0.4, 0.5) is 0 Å². The van der Waals surface area contributed by atoms with E-state index in [0.717, 1.165) is 11.5 Å². The fourth-order valence-electron chi connectivity index (χ4n) is 2.73. The number of hydrogen-bond donors (Lipinski definition) is 0. The van der Waals surface area contributed by atoms with Gasteiger partial charge in [0.05, 0.1) is 0 Å². The van der Waals surface area contributed by atoms with E-state index in [1.807, 2.05) is 12.1 Å². The maximum Gasteiger partial charge on any atom is 0.131 e. The summed E-state index contributed by atoms with van der Waals surface area (Å²) in [6, 6.07) is 16.9. The standard InChI is InChI=1S/C17H18O/c1-2-3-8-13-14-9-4-6-11-16(14)18-17-12-7-5-10-15(13)17/h4-7,9-13H,2-3,8H2,1H3. The van der Waals surface area contributed by atoms with Crippen LogP contribution in [0.25, 0.3) is 0 Å². The SMILES string of the molecule is CCCCC1c2ccccc2Oc2ccccc21. The fourth-order valence-corrected chi connectivity index (χ4v) is 2.73. The van der Waals surface area contributed by atoms with Crippen LogP contribution in [0.15, 0.2) is 48.5 Å². The Balaban J connectivity index is 2.05. The first-order valence-corrected chi connectivity index (χ1v) is 6.76. The topological polar surface area (TPSA) is 9.23 Å². The number of ether oxygens (including phenoxy) is 1. The van der Waals surface area contributed by atoms with Crippen LogP contribution >= 0.6 is 0 Å². The minimum atomic E-state index is 0.492. The zero-order valence-electron chi connectivity index (χ0n) is 10.7. The number of benzene rings is 2. The highest BCUT2D eigenvalue weighted by molar-refractivity contribution is 5.53. The van der Waals surface area contributed by atoms with Gasteiger partial charge in [0.25, 0.3) is 0 Å². The molecule has 18 heavy (non-hydrogen) atoms. The van der Waals surface area contributed by atoms with Crippen LogP contribution in [0.2, 0.25) is 0 Å². The van der Waals surface area contributed by atoms with E-state index in [1.54, 1.807) is 0 Å². The molecule has 0 aromatic heterocycles. The molecule has 1 nitrogen and oxygen atoms in total. The van der Waals surface area contributed by atoms with Gasteiger partial charge < -0.3 is 4.74 Å². The third-order valence-corrected chi connectivity index (χ3v) is 3.66. The molecule has 1 aliphatic rings. The molecular weight excluding hydrogens is 220 g/mol. The first kappa shape index (κ1) is 11.3. The van der Waals surface area contributed by atoms with E-state index >= 15 is 0 Å². The molecule has 0 fully saturated rings. The summed E-state index contributed by atoms with van der Waals surface area (Å²) >= 11 is 0. The van der Waals surface area contributed by atoms with E-state index in [0.29, 0.717) is 5.92 Å². The van der Waals surface area contributed by atoms with E-state index in [1.165, 1.54) is 30.4 Å². The first-order chi connectivity index (χ1) is 8.90. The van der Waals surface area contributed by atoms with Crippen molar-refractivity contribution in [2.24, 2.45) is 0 Å². The molecule has 0 N–H and O–H groups in total. The van der Waals surface area contributed by atoms with E-state index in [2.05, 4.69) is 43.3 Å². The maximum absolute atomic E-state index is 5.99. The highest BCUT2D eigenvalue weighted by atomic mass is 16.5. The van der Waals surface area contributed by atoms with Gasteiger partial charge in [0.1, 0.15) is 11.5 Å². The number of hydrogen-bond acceptors (Lipinski definition) is 1. The Hall–Kier alpha value is -1.76. The molecule has 0 radical (unpaired) electrons. The van der Waals surface area contributed by atoms with Crippen LogP contribution in [0.1, 0.15) is 43.2 Å². The molecule has 0 atom stereocenters. The fraction of sp³-hybridized carbons (Fsp3) is 0.294. The number of rotatable bonds is 3. The lowest BCUT2D eigenvalue weighted by Gasteiger charge is -2.28. The van der Waals surface area contributed by atoms with Crippen LogP contribution < -0.4 is 4.74 Å². The monoisotopic (exact) mass is 238 g/mol. The Labute approximate surface area is 108 Å². The summed E-state index contributed by atoms with van der Waals surface area (Å²) in [5.74, 6) is 2.54. The van der Waals surface area contributed by atoms with Crippen LogP contribution in [0.5, 0.6) is 11.5 Å². The largest absolute Gasteiger partial charge is 0.457 e. The average Bonchev–Trinajstić information content (AvgIpc) is 2.43. The van der Waals surface area contributed by atoms with Gasteiger partial charge in [-0.1, -0.05) is 56.2 Å². The van der Waals surface area contributed by atoms with Crippen LogP contribution in [-0.4, -0.2) is 0 Å². The molecule has 1 heterocycles. The minimum absolute atomic E-state index is 0.492. The van der Waals surface area contributed by atoms with E-state index < -0.39 is 0 Å². The lowest BCUT2D eigenvalue weighted by atomic mass is 9.84. The quantitative estimate of drug-likeness (QED) is 0.721. The normalized spacial score (nSPS) is 13.6. The molecule has 0 unspecified atom stereocenters. The number of unbranched alkanes of at least 4 members (excludes halogenated alkanes) is 1. The molecule has 1 heteroatoms. The lowest BCUT2D eigenvalue weighted by Crippen LogP contribution is -2.10. The molecule has 0 bridgehead atoms. The van der Waals surface area contributed by atoms with Crippen molar-refractivity contribution >= 4 is 0 Å². The highest BCUT2D eigenvalue weighted by Gasteiger charge is 2.25. The molecular formula is C17H18O. The summed E-state index contributed by atoms with van der Waals surface area (Å²) in [6.07, 6.45) is 3.70. The summed E-state index contributed by atoms with van der Waals surface area (Å²) in [5, 5.41) is 0. The Morgan fingerprint density at radius 2 is 1.44 bits per heavy atom. The van der Waals surface area contributed by atoms with Crippen molar-refractivity contribution in [2.75, 3.05) is 0 Å². The van der Waals surface area contributed by atoms with Crippen molar-refractivity contribution in [3.8, 4) is 11.5 Å². The van der Waals surface area contributed by atoms with E-state index in [9.17, 15) is 0 Å². The summed E-state index contributed by atoms with van der Waals surface area (Å²) in [4.78, 5) is 0. The molecule has 0 saturated carbocycles. The second kappa shape index (κ2) is 4.85. The van der Waals surface area contributed by atoms with Crippen molar-refractivity contribution in [2.45, 2.75) is 32.1 Å². The summed E-state index contributed by atoms with van der Waals surface area (Å²) in [7, 11) is 0. The predicted molar refractivity (Wildman–Crippen MR) is 74.3 cm³/mol. The third kappa shape index (κ3) is 1.90. The minimum Gasteiger partial charge on any atom is -0.457 e. The van der Waals surface area contributed by atoms with Crippen molar-refractivity contribution in [1.29, 1.82) is 0 Å². The van der Waals surface area contributed by atoms with Crippen molar-refractivity contribution in [3.05, 3.63) is 59.7 Å². The average molecular weight is 238 g/mol. The molecule has 3 rings (SSSR count). The number of fused-ring (bicyclic) bond motifs is 2. The second-order valence-corrected chi connectivity index (χ2v) is 4.87. The van der Waals surface area contributed by atoms with Gasteiger partial charge in [-0.15, -0.1) is 0 Å². The van der Waals surface area contributed by atoms with Crippen LogP contribution in [-0.2, 0) is 0 Å². The van der Waals surface area contributed by atoms with Gasteiger partial charge in [-0.05, 0) is 18.6 Å². The van der Waals surface area contributed by atoms with E-state index in [-0.39, 0.29) is 0 Å². The van der Waals surface area contributed by atoms with Gasteiger partial charge in [-0.25, -0.2) is 0 Å². The summed E-state index contributed by atoms with van der Waals surface area (Å²) in [5.41, 5.74) is 2.68. The lowest BCUT2D eigenvalue weighted by molar-refractivity contribution is 0.438. The third-order valence-electron chi connectivity index (χ3n) is 3.66. The van der Waals surface area contributed by atoms with Crippen molar-refractivity contribution in [1.82, 2.24) is 0 Å². The van der Waals surface area contributed by atoms with Gasteiger partial charge in [0.2, 0.25) is 0 Å². The summed E-state index contributed by atoms with van der Waals surface area (Å²) < 4.78 is 5.99. The molecule has 2 aromatic rings.